The second kappa shape index (κ2) is 7.13. The summed E-state index contributed by atoms with van der Waals surface area (Å²) in [6, 6.07) is 29.0. The molecule has 0 bridgehead atoms. The number of hydrogen-bond donors (Lipinski definition) is 1. The molecule has 134 valence electrons. The van der Waals surface area contributed by atoms with Crippen LogP contribution in [0.25, 0.3) is 10.8 Å². The second-order valence-electron chi connectivity index (χ2n) is 6.02. The Bertz CT molecular complexity index is 1170. The quantitative estimate of drug-likeness (QED) is 0.506. The first kappa shape index (κ1) is 17.1. The van der Waals surface area contributed by atoms with E-state index < -0.39 is 10.0 Å². The fourth-order valence-corrected chi connectivity index (χ4v) is 3.90. The summed E-state index contributed by atoms with van der Waals surface area (Å²) in [6.45, 7) is 0. The zero-order valence-electron chi connectivity index (χ0n) is 14.4. The van der Waals surface area contributed by atoms with Crippen molar-refractivity contribution in [2.75, 3.05) is 4.72 Å². The lowest BCUT2D eigenvalue weighted by atomic mass is 10.1. The maximum Gasteiger partial charge on any atom is 0.261 e. The SMILES string of the molecule is O=S(=O)(Nc1ccc(Oc2cccc3ccccc23)cc1)c1ccccc1. The van der Waals surface area contributed by atoms with E-state index in [0.717, 1.165) is 16.5 Å². The molecule has 0 aliphatic carbocycles. The molecule has 0 unspecified atom stereocenters. The van der Waals surface area contributed by atoms with E-state index in [0.29, 0.717) is 11.4 Å². The van der Waals surface area contributed by atoms with Crippen LogP contribution in [0.2, 0.25) is 0 Å². The number of nitrogens with one attached hydrogen (secondary N) is 1. The first-order valence-electron chi connectivity index (χ1n) is 8.45. The number of ether oxygens (including phenoxy) is 1. The third-order valence-electron chi connectivity index (χ3n) is 4.14. The van der Waals surface area contributed by atoms with Gasteiger partial charge in [0.2, 0.25) is 0 Å². The van der Waals surface area contributed by atoms with E-state index in [-0.39, 0.29) is 4.90 Å². The number of benzene rings is 4. The number of anilines is 1. The fourth-order valence-electron chi connectivity index (χ4n) is 2.82. The van der Waals surface area contributed by atoms with Gasteiger partial charge in [-0.15, -0.1) is 0 Å². The molecule has 0 fully saturated rings. The van der Waals surface area contributed by atoms with Gasteiger partial charge in [-0.3, -0.25) is 4.72 Å². The zero-order chi connectivity index (χ0) is 18.7. The minimum Gasteiger partial charge on any atom is -0.457 e. The molecule has 4 aromatic rings. The van der Waals surface area contributed by atoms with Gasteiger partial charge in [-0.1, -0.05) is 54.6 Å². The highest BCUT2D eigenvalue weighted by atomic mass is 32.2. The molecule has 0 radical (unpaired) electrons. The molecular weight excluding hydrogens is 358 g/mol. The molecule has 1 N–H and O–H groups in total. The normalized spacial score (nSPS) is 11.3. The topological polar surface area (TPSA) is 55.4 Å². The van der Waals surface area contributed by atoms with E-state index in [1.807, 2.05) is 42.5 Å². The average Bonchev–Trinajstić information content (AvgIpc) is 2.70. The van der Waals surface area contributed by atoms with Gasteiger partial charge in [-0.2, -0.15) is 0 Å². The van der Waals surface area contributed by atoms with Crippen LogP contribution in [-0.4, -0.2) is 8.42 Å². The van der Waals surface area contributed by atoms with Crippen molar-refractivity contribution in [3.8, 4) is 11.5 Å². The number of hydrogen-bond acceptors (Lipinski definition) is 3. The molecule has 0 aliphatic rings. The van der Waals surface area contributed by atoms with Crippen LogP contribution in [0.1, 0.15) is 0 Å². The molecule has 0 spiro atoms. The maximum atomic E-state index is 12.4. The van der Waals surface area contributed by atoms with Crippen LogP contribution in [0.4, 0.5) is 5.69 Å². The molecule has 0 saturated carbocycles. The Balaban J connectivity index is 1.54. The van der Waals surface area contributed by atoms with Gasteiger partial charge in [-0.05, 0) is 47.9 Å². The standard InChI is InChI=1S/C22H17NO3S/c24-27(25,20-9-2-1-3-10-20)23-18-13-15-19(16-14-18)26-22-12-6-8-17-7-4-5-11-21(17)22/h1-16,23H. The van der Waals surface area contributed by atoms with Gasteiger partial charge in [0.25, 0.3) is 10.0 Å². The molecule has 0 aromatic heterocycles. The molecule has 4 rings (SSSR count). The van der Waals surface area contributed by atoms with Gasteiger partial charge in [0.15, 0.2) is 0 Å². The van der Waals surface area contributed by atoms with Crippen molar-refractivity contribution in [3.05, 3.63) is 97.1 Å². The largest absolute Gasteiger partial charge is 0.457 e. The van der Waals surface area contributed by atoms with Gasteiger partial charge < -0.3 is 4.74 Å². The molecule has 4 aromatic carbocycles. The summed E-state index contributed by atoms with van der Waals surface area (Å²) in [5.74, 6) is 1.39. The van der Waals surface area contributed by atoms with E-state index in [1.54, 1.807) is 54.6 Å². The summed E-state index contributed by atoms with van der Waals surface area (Å²) in [6.07, 6.45) is 0. The van der Waals surface area contributed by atoms with Gasteiger partial charge in [0.1, 0.15) is 11.5 Å². The van der Waals surface area contributed by atoms with Crippen LogP contribution in [0, 0.1) is 0 Å². The van der Waals surface area contributed by atoms with Crippen LogP contribution >= 0.6 is 0 Å². The third-order valence-corrected chi connectivity index (χ3v) is 5.53. The van der Waals surface area contributed by atoms with Crippen LogP contribution in [0.3, 0.4) is 0 Å². The Morgan fingerprint density at radius 1 is 0.667 bits per heavy atom. The Morgan fingerprint density at radius 2 is 1.33 bits per heavy atom. The first-order valence-corrected chi connectivity index (χ1v) is 9.94. The molecule has 0 saturated heterocycles. The number of rotatable bonds is 5. The van der Waals surface area contributed by atoms with Gasteiger partial charge in [0, 0.05) is 11.1 Å². The van der Waals surface area contributed by atoms with Crippen LogP contribution in [0.5, 0.6) is 11.5 Å². The monoisotopic (exact) mass is 375 g/mol. The highest BCUT2D eigenvalue weighted by Crippen LogP contribution is 2.30. The minimum absolute atomic E-state index is 0.223. The van der Waals surface area contributed by atoms with Gasteiger partial charge >= 0.3 is 0 Å². The number of sulfonamides is 1. The predicted octanol–water partition coefficient (Wildman–Crippen LogP) is 5.43. The predicted molar refractivity (Wildman–Crippen MR) is 108 cm³/mol. The van der Waals surface area contributed by atoms with E-state index >= 15 is 0 Å². The van der Waals surface area contributed by atoms with Crippen molar-refractivity contribution >= 4 is 26.5 Å². The lowest BCUT2D eigenvalue weighted by Gasteiger charge is -2.11. The van der Waals surface area contributed by atoms with E-state index in [4.69, 9.17) is 4.74 Å². The summed E-state index contributed by atoms with van der Waals surface area (Å²) in [5.41, 5.74) is 0.476. The summed E-state index contributed by atoms with van der Waals surface area (Å²) in [5, 5.41) is 2.12. The average molecular weight is 375 g/mol. The molecule has 0 amide bonds. The summed E-state index contributed by atoms with van der Waals surface area (Å²) < 4.78 is 33.3. The minimum atomic E-state index is -3.60. The highest BCUT2D eigenvalue weighted by molar-refractivity contribution is 7.92. The van der Waals surface area contributed by atoms with Gasteiger partial charge in [0.05, 0.1) is 4.90 Å². The molecule has 5 heteroatoms. The summed E-state index contributed by atoms with van der Waals surface area (Å²) in [4.78, 5) is 0.223. The van der Waals surface area contributed by atoms with Crippen LogP contribution < -0.4 is 9.46 Å². The summed E-state index contributed by atoms with van der Waals surface area (Å²) >= 11 is 0. The molecule has 0 atom stereocenters. The molecule has 4 nitrogen and oxygen atoms in total. The van der Waals surface area contributed by atoms with Crippen molar-refractivity contribution in [1.29, 1.82) is 0 Å². The second-order valence-corrected chi connectivity index (χ2v) is 7.70. The molecular formula is C22H17NO3S. The van der Waals surface area contributed by atoms with Crippen molar-refractivity contribution < 1.29 is 13.2 Å². The van der Waals surface area contributed by atoms with E-state index in [2.05, 4.69) is 4.72 Å². The first-order chi connectivity index (χ1) is 13.1. The Hall–Kier alpha value is -3.31. The maximum absolute atomic E-state index is 12.4. The third kappa shape index (κ3) is 3.78. The zero-order valence-corrected chi connectivity index (χ0v) is 15.2. The smallest absolute Gasteiger partial charge is 0.261 e. The molecule has 0 aliphatic heterocycles. The lowest BCUT2D eigenvalue weighted by molar-refractivity contribution is 0.488. The Kier molecular flexibility index (Phi) is 4.52. The van der Waals surface area contributed by atoms with Gasteiger partial charge in [-0.25, -0.2) is 8.42 Å². The molecule has 0 heterocycles. The number of fused-ring (bicyclic) bond motifs is 1. The van der Waals surface area contributed by atoms with Crippen LogP contribution in [0.15, 0.2) is 102 Å². The summed E-state index contributed by atoms with van der Waals surface area (Å²) in [7, 11) is -3.60. The molecule has 27 heavy (non-hydrogen) atoms. The fraction of sp³-hybridized carbons (Fsp3) is 0. The Morgan fingerprint density at radius 3 is 2.11 bits per heavy atom. The highest BCUT2D eigenvalue weighted by Gasteiger charge is 2.13. The van der Waals surface area contributed by atoms with Crippen molar-refractivity contribution in [1.82, 2.24) is 0 Å². The lowest BCUT2D eigenvalue weighted by Crippen LogP contribution is -2.12. The van der Waals surface area contributed by atoms with Crippen molar-refractivity contribution in [2.45, 2.75) is 4.90 Å². The van der Waals surface area contributed by atoms with Crippen LogP contribution in [-0.2, 0) is 10.0 Å². The van der Waals surface area contributed by atoms with E-state index in [1.165, 1.54) is 0 Å². The van der Waals surface area contributed by atoms with E-state index in [9.17, 15) is 8.42 Å². The Labute approximate surface area is 158 Å². The van der Waals surface area contributed by atoms with Crippen molar-refractivity contribution in [2.24, 2.45) is 0 Å². The van der Waals surface area contributed by atoms with Crippen molar-refractivity contribution in [3.63, 3.8) is 0 Å².